The number of halogens is 3. The summed E-state index contributed by atoms with van der Waals surface area (Å²) in [6, 6.07) is 30.8. The Morgan fingerprint density at radius 1 is 0.816 bits per heavy atom. The van der Waals surface area contributed by atoms with Crippen LogP contribution in [0.3, 0.4) is 0 Å². The zero-order valence-electron chi connectivity index (χ0n) is 19.7. The summed E-state index contributed by atoms with van der Waals surface area (Å²) in [4.78, 5) is 9.87. The van der Waals surface area contributed by atoms with Gasteiger partial charge in [-0.1, -0.05) is 70.8 Å². The second-order valence-electron chi connectivity index (χ2n) is 8.43. The van der Waals surface area contributed by atoms with Crippen LogP contribution >= 0.6 is 11.3 Å². The van der Waals surface area contributed by atoms with Crippen LogP contribution in [0.25, 0.3) is 43.4 Å². The monoisotopic (exact) mass is 705 g/mol. The molecule has 0 bridgehead atoms. The van der Waals surface area contributed by atoms with E-state index in [4.69, 9.17) is 4.74 Å². The number of pyridine rings is 2. The van der Waals surface area contributed by atoms with Gasteiger partial charge in [0.15, 0.2) is 0 Å². The van der Waals surface area contributed by atoms with Gasteiger partial charge in [0.1, 0.15) is 5.56 Å². The first kappa shape index (κ1) is 26.1. The third kappa shape index (κ3) is 4.96. The van der Waals surface area contributed by atoms with Crippen LogP contribution in [-0.4, -0.2) is 9.97 Å². The molecule has 0 aliphatic carbocycles. The van der Waals surface area contributed by atoms with Gasteiger partial charge >= 0.3 is 27.2 Å². The molecule has 0 aliphatic heterocycles. The fourth-order valence-electron chi connectivity index (χ4n) is 4.27. The number of benzene rings is 3. The van der Waals surface area contributed by atoms with Crippen LogP contribution in [-0.2, 0) is 27.2 Å². The van der Waals surface area contributed by atoms with E-state index in [0.29, 0.717) is 22.5 Å². The summed E-state index contributed by atoms with van der Waals surface area (Å²) in [5.41, 5.74) is 1.20. The molecule has 3 heterocycles. The van der Waals surface area contributed by atoms with Crippen molar-refractivity contribution in [3.63, 3.8) is 0 Å². The van der Waals surface area contributed by atoms with E-state index in [1.807, 2.05) is 49.4 Å². The average molecular weight is 706 g/mol. The Hall–Kier alpha value is -3.54. The number of aromatic nitrogens is 2. The Morgan fingerprint density at radius 3 is 2.37 bits per heavy atom. The molecule has 3 nitrogen and oxygen atoms in total. The van der Waals surface area contributed by atoms with E-state index in [9.17, 15) is 13.2 Å². The molecule has 190 valence electrons. The predicted molar refractivity (Wildman–Crippen MR) is 140 cm³/mol. The summed E-state index contributed by atoms with van der Waals surface area (Å²) in [6.45, 7) is 2.02. The van der Waals surface area contributed by atoms with Crippen molar-refractivity contribution < 1.29 is 39.0 Å². The molecular formula is C30H17F3N2OPtS. The molecule has 0 amide bonds. The van der Waals surface area contributed by atoms with Crippen molar-refractivity contribution in [3.05, 3.63) is 108 Å². The Morgan fingerprint density at radius 2 is 1.61 bits per heavy atom. The number of fused-ring (bicyclic) bond motifs is 3. The number of aryl methyl sites for hydroxylation is 1. The van der Waals surface area contributed by atoms with Gasteiger partial charge in [-0.25, -0.2) is 0 Å². The Bertz CT molecular complexity index is 1770. The topological polar surface area (TPSA) is 35.0 Å². The van der Waals surface area contributed by atoms with Crippen LogP contribution in [0.5, 0.6) is 11.8 Å². The second kappa shape index (κ2) is 10.3. The fourth-order valence-corrected chi connectivity index (χ4v) is 5.20. The van der Waals surface area contributed by atoms with Crippen LogP contribution in [0, 0.1) is 19.1 Å². The quantitative estimate of drug-likeness (QED) is 0.172. The van der Waals surface area contributed by atoms with E-state index in [2.05, 4.69) is 28.2 Å². The number of hydrogen-bond acceptors (Lipinski definition) is 4. The Balaban J connectivity index is 0.00000294. The molecule has 0 atom stereocenters. The van der Waals surface area contributed by atoms with Crippen LogP contribution in [0.1, 0.15) is 10.4 Å². The third-order valence-corrected chi connectivity index (χ3v) is 6.88. The average Bonchev–Trinajstić information content (AvgIpc) is 3.28. The molecule has 0 unspecified atom stereocenters. The third-order valence-electron chi connectivity index (χ3n) is 5.91. The van der Waals surface area contributed by atoms with E-state index in [1.165, 1.54) is 12.1 Å². The first-order chi connectivity index (χ1) is 17.9. The number of alkyl halides is 3. The summed E-state index contributed by atoms with van der Waals surface area (Å²) in [6.07, 6.45) is -4.66. The van der Waals surface area contributed by atoms with Gasteiger partial charge in [-0.15, -0.1) is 47.5 Å². The maximum atomic E-state index is 13.9. The molecule has 6 rings (SSSR count). The maximum absolute atomic E-state index is 13.9. The zero-order chi connectivity index (χ0) is 25.6. The Labute approximate surface area is 235 Å². The molecule has 0 saturated carbocycles. The van der Waals surface area contributed by atoms with Gasteiger partial charge < -0.3 is 4.74 Å². The smallest absolute Gasteiger partial charge is 0.422 e. The molecule has 8 heteroatoms. The summed E-state index contributed by atoms with van der Waals surface area (Å²) in [5, 5.41) is 2.91. The predicted octanol–water partition coefficient (Wildman–Crippen LogP) is 8.90. The van der Waals surface area contributed by atoms with Crippen LogP contribution in [0.2, 0.25) is 0 Å². The fraction of sp³-hybridized carbons (Fsp3) is 0.0667. The van der Waals surface area contributed by atoms with Crippen LogP contribution < -0.4 is 4.74 Å². The molecule has 3 aromatic heterocycles. The largest absolute Gasteiger partial charge is 2.00 e. The van der Waals surface area contributed by atoms with E-state index in [1.54, 1.807) is 29.5 Å². The molecule has 6 aromatic rings. The van der Waals surface area contributed by atoms with Gasteiger partial charge in [-0.05, 0) is 34.0 Å². The standard InChI is InChI=1S/C30H17F3N2OS.Pt/c1-18-16-23-21-11-6-5-10-20(21)22(17-27(23)37-18)26-15-14-24(30(31,32)33)29(35-26)36-28-13-7-12-25(34-28)19-8-3-2-4-9-19;/h2-8,10-16H,1H3;/q-2;+2. The van der Waals surface area contributed by atoms with Crippen molar-refractivity contribution in [2.45, 2.75) is 13.1 Å². The summed E-state index contributed by atoms with van der Waals surface area (Å²) < 4.78 is 48.4. The minimum absolute atomic E-state index is 0. The molecule has 0 saturated heterocycles. The van der Waals surface area contributed by atoms with Crippen molar-refractivity contribution in [3.8, 4) is 34.3 Å². The van der Waals surface area contributed by atoms with E-state index in [-0.39, 0.29) is 26.9 Å². The van der Waals surface area contributed by atoms with Crippen molar-refractivity contribution in [2.24, 2.45) is 0 Å². The summed E-state index contributed by atoms with van der Waals surface area (Å²) in [7, 11) is 0. The number of nitrogens with zero attached hydrogens (tertiary/aromatic N) is 2. The van der Waals surface area contributed by atoms with E-state index >= 15 is 0 Å². The minimum atomic E-state index is -4.66. The molecule has 38 heavy (non-hydrogen) atoms. The molecule has 0 radical (unpaired) electrons. The maximum Gasteiger partial charge on any atom is 2.00 e. The van der Waals surface area contributed by atoms with Crippen molar-refractivity contribution >= 4 is 32.2 Å². The molecular weight excluding hydrogens is 688 g/mol. The van der Waals surface area contributed by atoms with E-state index < -0.39 is 17.6 Å². The number of ether oxygens (including phenoxy) is 1. The summed E-state index contributed by atoms with van der Waals surface area (Å²) >= 11 is 1.58. The van der Waals surface area contributed by atoms with Gasteiger partial charge in [0, 0.05) is 0 Å². The normalized spacial score (nSPS) is 11.5. The SMILES string of the molecule is Cc1cc2c([c-]c(-c3ccc(C(F)(F)F)c(Oc4cccc(-c5[c-]cccc5)n4)n3)c3ccccc32)s1.[Pt+2]. The molecule has 0 fully saturated rings. The first-order valence-electron chi connectivity index (χ1n) is 11.4. The van der Waals surface area contributed by atoms with Crippen molar-refractivity contribution in [1.29, 1.82) is 0 Å². The number of thiophene rings is 1. The number of hydrogen-bond donors (Lipinski definition) is 0. The van der Waals surface area contributed by atoms with Gasteiger partial charge in [0.2, 0.25) is 11.8 Å². The van der Waals surface area contributed by atoms with Crippen molar-refractivity contribution in [2.75, 3.05) is 0 Å². The second-order valence-corrected chi connectivity index (χ2v) is 9.69. The van der Waals surface area contributed by atoms with Gasteiger partial charge in [-0.3, -0.25) is 9.97 Å². The molecule has 0 N–H and O–H groups in total. The first-order valence-corrected chi connectivity index (χ1v) is 12.2. The Kier molecular flexibility index (Phi) is 7.08. The molecule has 0 spiro atoms. The van der Waals surface area contributed by atoms with Gasteiger partial charge in [-0.2, -0.15) is 24.5 Å². The zero-order valence-corrected chi connectivity index (χ0v) is 22.8. The minimum Gasteiger partial charge on any atom is -0.422 e. The van der Waals surface area contributed by atoms with Gasteiger partial charge in [0.05, 0.1) is 0 Å². The van der Waals surface area contributed by atoms with E-state index in [0.717, 1.165) is 31.8 Å². The number of rotatable bonds is 4. The van der Waals surface area contributed by atoms with Crippen LogP contribution in [0.15, 0.2) is 84.9 Å². The molecule has 0 aliphatic rings. The summed E-state index contributed by atoms with van der Waals surface area (Å²) in [5.74, 6) is -0.560. The van der Waals surface area contributed by atoms with Crippen LogP contribution in [0.4, 0.5) is 13.2 Å². The van der Waals surface area contributed by atoms with Crippen molar-refractivity contribution in [1.82, 2.24) is 9.97 Å². The van der Waals surface area contributed by atoms with Gasteiger partial charge in [0.25, 0.3) is 0 Å². The molecule has 3 aromatic carbocycles.